The zero-order valence-corrected chi connectivity index (χ0v) is 8.90. The molecule has 1 unspecified atom stereocenters. The van der Waals surface area contributed by atoms with Gasteiger partial charge in [-0.2, -0.15) is 0 Å². The average Bonchev–Trinajstić information content (AvgIpc) is 1.83. The van der Waals surface area contributed by atoms with Gasteiger partial charge < -0.3 is 4.55 Å². The number of hydrogen-bond acceptors (Lipinski definition) is 1. The summed E-state index contributed by atoms with van der Waals surface area (Å²) in [7, 11) is -2.72. The third-order valence-electron chi connectivity index (χ3n) is 1.74. The van der Waals surface area contributed by atoms with Crippen LogP contribution in [-0.2, 0) is 9.80 Å². The summed E-state index contributed by atoms with van der Waals surface area (Å²) in [6.45, 7) is 4.38. The van der Waals surface area contributed by atoms with E-state index < -0.39 is 9.80 Å². The highest BCUT2D eigenvalue weighted by molar-refractivity contribution is 7.95. The van der Waals surface area contributed by atoms with Gasteiger partial charge in [-0.25, -0.2) is 4.21 Å². The van der Waals surface area contributed by atoms with Crippen LogP contribution in [-0.4, -0.2) is 20.4 Å². The Morgan fingerprint density at radius 1 is 1.33 bits per heavy atom. The Morgan fingerprint density at radius 3 is 2.33 bits per heavy atom. The minimum Gasteiger partial charge on any atom is -0.314 e. The second-order valence-corrected chi connectivity index (χ2v) is 5.67. The van der Waals surface area contributed by atoms with Crippen LogP contribution in [0.2, 0.25) is 0 Å². The molecule has 0 aromatic rings. The monoisotopic (exact) mass is 192 g/mol. The van der Waals surface area contributed by atoms with Crippen LogP contribution in [0.3, 0.4) is 0 Å². The van der Waals surface area contributed by atoms with Crippen molar-refractivity contribution in [3.63, 3.8) is 0 Å². The summed E-state index contributed by atoms with van der Waals surface area (Å²) in [5, 5.41) is 0. The van der Waals surface area contributed by atoms with E-state index in [1.165, 1.54) is 6.42 Å². The van der Waals surface area contributed by atoms with Crippen LogP contribution in [0.25, 0.3) is 0 Å². The molecule has 0 fully saturated rings. The maximum Gasteiger partial charge on any atom is 0.0746 e. The molecule has 0 aliphatic carbocycles. The first kappa shape index (κ1) is 12.0. The van der Waals surface area contributed by atoms with E-state index in [1.54, 1.807) is 0 Å². The second kappa shape index (κ2) is 5.60. The highest BCUT2D eigenvalue weighted by Gasteiger charge is 1.98. The molecule has 2 nitrogen and oxygen atoms in total. The lowest BCUT2D eigenvalue weighted by Crippen LogP contribution is -2.03. The van der Waals surface area contributed by atoms with Crippen molar-refractivity contribution in [2.24, 2.45) is 5.92 Å². The molecule has 3 heteroatoms. The van der Waals surface area contributed by atoms with Crippen LogP contribution in [0.5, 0.6) is 0 Å². The lowest BCUT2D eigenvalue weighted by Gasteiger charge is -2.04. The predicted octanol–water partition coefficient (Wildman–Crippen LogP) is 2.39. The summed E-state index contributed by atoms with van der Waals surface area (Å²) in [4.78, 5) is 0. The molecule has 0 aromatic carbocycles. The minimum atomic E-state index is -2.72. The molecular formula is C9H20O2S. The van der Waals surface area contributed by atoms with E-state index in [1.807, 2.05) is 0 Å². The molecule has 0 aliphatic heterocycles. The topological polar surface area (TPSA) is 37.3 Å². The first-order chi connectivity index (χ1) is 5.42. The molecule has 0 heterocycles. The van der Waals surface area contributed by atoms with Crippen LogP contribution in [0.15, 0.2) is 0 Å². The largest absolute Gasteiger partial charge is 0.314 e. The zero-order chi connectivity index (χ0) is 9.61. The minimum absolute atomic E-state index is 0.352. The SMILES string of the molecule is C=S(=O)(O)CCCCCC(C)C. The van der Waals surface area contributed by atoms with Crippen molar-refractivity contribution >= 4 is 15.7 Å². The van der Waals surface area contributed by atoms with Gasteiger partial charge in [0.25, 0.3) is 0 Å². The lowest BCUT2D eigenvalue weighted by atomic mass is 10.1. The summed E-state index contributed by atoms with van der Waals surface area (Å²) in [5.41, 5.74) is 0. The summed E-state index contributed by atoms with van der Waals surface area (Å²) in [6.07, 6.45) is 4.24. The molecule has 0 spiro atoms. The van der Waals surface area contributed by atoms with Gasteiger partial charge in [0, 0.05) is 5.75 Å². The molecule has 0 saturated heterocycles. The Balaban J connectivity index is 3.23. The van der Waals surface area contributed by atoms with E-state index in [2.05, 4.69) is 19.7 Å². The number of hydrogen-bond donors (Lipinski definition) is 1. The van der Waals surface area contributed by atoms with Gasteiger partial charge in [-0.15, -0.1) is 0 Å². The van der Waals surface area contributed by atoms with E-state index >= 15 is 0 Å². The van der Waals surface area contributed by atoms with Crippen molar-refractivity contribution < 1.29 is 8.76 Å². The highest BCUT2D eigenvalue weighted by Crippen LogP contribution is 2.08. The van der Waals surface area contributed by atoms with Crippen LogP contribution in [0, 0.1) is 5.92 Å². The van der Waals surface area contributed by atoms with Crippen LogP contribution >= 0.6 is 0 Å². The standard InChI is InChI=1S/C9H20O2S/c1-9(2)7-5-4-6-8-12(3,10)11/h9H,3-8H2,1-2H3,(H,10,11). The zero-order valence-electron chi connectivity index (χ0n) is 8.08. The van der Waals surface area contributed by atoms with Gasteiger partial charge in [-0.05, 0) is 18.2 Å². The fourth-order valence-corrected chi connectivity index (χ4v) is 1.71. The van der Waals surface area contributed by atoms with E-state index in [9.17, 15) is 4.21 Å². The van der Waals surface area contributed by atoms with Gasteiger partial charge in [0.2, 0.25) is 0 Å². The average molecular weight is 192 g/mol. The maximum atomic E-state index is 10.7. The van der Waals surface area contributed by atoms with E-state index in [-0.39, 0.29) is 0 Å². The van der Waals surface area contributed by atoms with Gasteiger partial charge in [0.15, 0.2) is 0 Å². The molecule has 0 saturated carbocycles. The van der Waals surface area contributed by atoms with Crippen molar-refractivity contribution in [3.05, 3.63) is 0 Å². The second-order valence-electron chi connectivity index (χ2n) is 3.72. The molecule has 0 bridgehead atoms. The molecule has 0 amide bonds. The maximum absolute atomic E-state index is 10.7. The molecule has 0 aromatic heterocycles. The van der Waals surface area contributed by atoms with E-state index in [4.69, 9.17) is 4.55 Å². The van der Waals surface area contributed by atoms with Gasteiger partial charge in [-0.3, -0.25) is 0 Å². The Labute approximate surface area is 76.2 Å². The summed E-state index contributed by atoms with van der Waals surface area (Å²) in [5.74, 6) is 4.28. The Kier molecular flexibility index (Phi) is 5.59. The third-order valence-corrected chi connectivity index (χ3v) is 2.67. The summed E-state index contributed by atoms with van der Waals surface area (Å²) in [6, 6.07) is 0. The Bertz CT molecular complexity index is 193. The quantitative estimate of drug-likeness (QED) is 0.518. The highest BCUT2D eigenvalue weighted by atomic mass is 32.2. The van der Waals surface area contributed by atoms with Crippen LogP contribution in [0.4, 0.5) is 0 Å². The molecule has 74 valence electrons. The van der Waals surface area contributed by atoms with Crippen molar-refractivity contribution in [1.82, 2.24) is 0 Å². The first-order valence-corrected chi connectivity index (χ1v) is 6.34. The van der Waals surface area contributed by atoms with E-state index in [0.717, 1.165) is 25.2 Å². The molecule has 1 atom stereocenters. The smallest absolute Gasteiger partial charge is 0.0746 e. The molecule has 0 aliphatic rings. The third kappa shape index (κ3) is 9.98. The fraction of sp³-hybridized carbons (Fsp3) is 0.889. The van der Waals surface area contributed by atoms with Crippen LogP contribution in [0.1, 0.15) is 39.5 Å². The molecule has 12 heavy (non-hydrogen) atoms. The fourth-order valence-electron chi connectivity index (χ4n) is 1.06. The predicted molar refractivity (Wildman–Crippen MR) is 56.1 cm³/mol. The molecule has 1 N–H and O–H groups in total. The molecule has 0 radical (unpaired) electrons. The van der Waals surface area contributed by atoms with Gasteiger partial charge >= 0.3 is 0 Å². The molecular weight excluding hydrogens is 172 g/mol. The first-order valence-electron chi connectivity index (χ1n) is 4.49. The van der Waals surface area contributed by atoms with Crippen molar-refractivity contribution in [3.8, 4) is 0 Å². The van der Waals surface area contributed by atoms with Gasteiger partial charge in [-0.1, -0.05) is 33.1 Å². The van der Waals surface area contributed by atoms with Crippen molar-refractivity contribution in [2.75, 3.05) is 5.75 Å². The van der Waals surface area contributed by atoms with Crippen molar-refractivity contribution in [2.45, 2.75) is 39.5 Å². The van der Waals surface area contributed by atoms with Gasteiger partial charge in [0.05, 0.1) is 9.80 Å². The van der Waals surface area contributed by atoms with E-state index in [0.29, 0.717) is 5.75 Å². The summed E-state index contributed by atoms with van der Waals surface area (Å²) < 4.78 is 19.6. The number of unbranched alkanes of at least 4 members (excludes halogenated alkanes) is 2. The van der Waals surface area contributed by atoms with Crippen LogP contribution < -0.4 is 0 Å². The Hall–Kier alpha value is -0.0200. The normalized spacial score (nSPS) is 16.3. The molecule has 0 rings (SSSR count). The summed E-state index contributed by atoms with van der Waals surface area (Å²) >= 11 is 0. The number of rotatable bonds is 6. The lowest BCUT2D eigenvalue weighted by molar-refractivity contribution is 0.526. The Morgan fingerprint density at radius 2 is 1.92 bits per heavy atom. The van der Waals surface area contributed by atoms with Gasteiger partial charge in [0.1, 0.15) is 0 Å². The van der Waals surface area contributed by atoms with Crippen molar-refractivity contribution in [1.29, 1.82) is 0 Å².